The van der Waals surface area contributed by atoms with Crippen molar-refractivity contribution in [3.8, 4) is 0 Å². The summed E-state index contributed by atoms with van der Waals surface area (Å²) in [5.74, 6) is 0. The van der Waals surface area contributed by atoms with Crippen molar-refractivity contribution in [1.29, 1.82) is 0 Å². The van der Waals surface area contributed by atoms with E-state index in [1.807, 2.05) is 77.9 Å². The van der Waals surface area contributed by atoms with Gasteiger partial charge in [0.05, 0.1) is 24.3 Å². The molecule has 10 heteroatoms. The van der Waals surface area contributed by atoms with Gasteiger partial charge in [-0.05, 0) is 70.2 Å². The lowest BCUT2D eigenvalue weighted by Crippen LogP contribution is -2.38. The second kappa shape index (κ2) is 17.7. The number of hydrogen-bond donors (Lipinski definition) is 2. The molecule has 0 aliphatic carbocycles. The Morgan fingerprint density at radius 2 is 0.932 bits per heavy atom. The van der Waals surface area contributed by atoms with Crippen LogP contribution in [0.4, 0.5) is 0 Å². The summed E-state index contributed by atoms with van der Waals surface area (Å²) >= 11 is 0. The zero-order valence-electron chi connectivity index (χ0n) is 28.0. The summed E-state index contributed by atoms with van der Waals surface area (Å²) in [6.07, 6.45) is 3.22. The van der Waals surface area contributed by atoms with Gasteiger partial charge in [0, 0.05) is 0 Å². The van der Waals surface area contributed by atoms with Crippen LogP contribution in [0.3, 0.4) is 0 Å². The zero-order chi connectivity index (χ0) is 32.9. The minimum absolute atomic E-state index is 0.290. The second-order valence-corrected chi connectivity index (χ2v) is 13.9. The van der Waals surface area contributed by atoms with Crippen molar-refractivity contribution in [1.82, 2.24) is 29.5 Å². The van der Waals surface area contributed by atoms with Crippen molar-refractivity contribution in [2.24, 2.45) is 10.8 Å². The quantitative estimate of drug-likeness (QED) is 0.141. The highest BCUT2D eigenvalue weighted by atomic mass is 33.1. The van der Waals surface area contributed by atoms with Crippen LogP contribution in [0.5, 0.6) is 0 Å². The Hall–Kier alpha value is -2.66. The Bertz CT molecular complexity index is 1240. The molecule has 0 fully saturated rings. The Labute approximate surface area is 272 Å². The van der Waals surface area contributed by atoms with Crippen molar-refractivity contribution in [2.45, 2.75) is 117 Å². The van der Waals surface area contributed by atoms with Crippen LogP contribution in [-0.4, -0.2) is 51.9 Å². The average Bonchev–Trinajstić information content (AvgIpc) is 3.71. The summed E-state index contributed by atoms with van der Waals surface area (Å²) in [6, 6.07) is 19.9. The molecule has 4 atom stereocenters. The molecule has 2 heterocycles. The molecule has 2 N–H and O–H groups in total. The molecule has 44 heavy (non-hydrogen) atoms. The Morgan fingerprint density at radius 1 is 0.614 bits per heavy atom. The van der Waals surface area contributed by atoms with Gasteiger partial charge in [0.25, 0.3) is 0 Å². The number of nitrogens with zero attached hydrogens (tertiary/aromatic N) is 6. The summed E-state index contributed by atoms with van der Waals surface area (Å²) in [5, 5.41) is 32.9. The lowest BCUT2D eigenvalue weighted by atomic mass is 9.78. The molecule has 4 rings (SSSR count). The normalized spacial score (nSPS) is 14.4. The smallest absolute Gasteiger partial charge is 0.197 e. The minimum Gasteiger partial charge on any atom is -0.390 e. The van der Waals surface area contributed by atoms with Gasteiger partial charge in [-0.3, -0.25) is 0 Å². The average molecular weight is 641 g/mol. The maximum Gasteiger partial charge on any atom is 0.197 e. The van der Waals surface area contributed by atoms with Crippen molar-refractivity contribution in [3.05, 3.63) is 84.4 Å². The largest absolute Gasteiger partial charge is 0.390 e. The maximum absolute atomic E-state index is 11.4. The second-order valence-electron chi connectivity index (χ2n) is 11.8. The third-order valence-electron chi connectivity index (χ3n) is 7.56. The van der Waals surface area contributed by atoms with Crippen LogP contribution in [0.1, 0.15) is 92.4 Å². The predicted octanol–water partition coefficient (Wildman–Crippen LogP) is 8.10. The predicted molar refractivity (Wildman–Crippen MR) is 184 cm³/mol. The van der Waals surface area contributed by atoms with E-state index in [1.54, 1.807) is 9.36 Å². The van der Waals surface area contributed by atoms with Crippen LogP contribution in [0, 0.1) is 10.8 Å². The standard InChI is InChI=1S/C30H40N6O2S2.2C2H6/c1-21(25(37)29(3,4)17-23-13-9-7-10-14-23)35-27(31-19-33-35)39-40-28-32-20-34-36(28)22(2)26(38)30(5,6)18-24-15-11-8-12-16-24;2*1-2/h7-16,19-22,25-26,37-38H,17-18H2,1-6H3;2*1-2H3. The summed E-state index contributed by atoms with van der Waals surface area (Å²) in [5.41, 5.74) is 1.62. The first-order valence-corrected chi connectivity index (χ1v) is 17.7. The lowest BCUT2D eigenvalue weighted by molar-refractivity contribution is 0.00542. The van der Waals surface area contributed by atoms with E-state index in [4.69, 9.17) is 0 Å². The monoisotopic (exact) mass is 640 g/mol. The summed E-state index contributed by atoms with van der Waals surface area (Å²) in [6.45, 7) is 20.2. The molecular formula is C34H52N6O2S2. The molecule has 4 aromatic rings. The van der Waals surface area contributed by atoms with Gasteiger partial charge >= 0.3 is 0 Å². The highest BCUT2D eigenvalue weighted by molar-refractivity contribution is 8.76. The molecule has 0 aliphatic rings. The summed E-state index contributed by atoms with van der Waals surface area (Å²) in [7, 11) is 2.83. The Kier molecular flexibility index (Phi) is 15.1. The molecule has 0 aliphatic heterocycles. The molecule has 2 aromatic heterocycles. The summed E-state index contributed by atoms with van der Waals surface area (Å²) in [4.78, 5) is 8.91. The molecule has 242 valence electrons. The van der Waals surface area contributed by atoms with Crippen LogP contribution in [-0.2, 0) is 12.8 Å². The van der Waals surface area contributed by atoms with Gasteiger partial charge < -0.3 is 10.2 Å². The molecule has 2 aromatic carbocycles. The highest BCUT2D eigenvalue weighted by Crippen LogP contribution is 2.40. The first-order valence-electron chi connectivity index (χ1n) is 15.6. The van der Waals surface area contributed by atoms with E-state index < -0.39 is 12.2 Å². The molecule has 0 bridgehead atoms. The van der Waals surface area contributed by atoms with Gasteiger partial charge in [-0.2, -0.15) is 10.2 Å². The fourth-order valence-corrected chi connectivity index (χ4v) is 7.33. The van der Waals surface area contributed by atoms with Gasteiger partial charge in [-0.1, -0.05) is 116 Å². The van der Waals surface area contributed by atoms with E-state index in [9.17, 15) is 10.2 Å². The molecule has 0 radical (unpaired) electrons. The third kappa shape index (κ3) is 9.92. The van der Waals surface area contributed by atoms with Crippen LogP contribution in [0.25, 0.3) is 0 Å². The van der Waals surface area contributed by atoms with E-state index >= 15 is 0 Å². The lowest BCUT2D eigenvalue weighted by Gasteiger charge is -2.35. The SMILES string of the molecule is CC.CC.CC(C(O)C(C)(C)Cc1ccccc1)n1ncnc1SSc1ncnn1C(C)C(O)C(C)(C)Cc1ccccc1. The van der Waals surface area contributed by atoms with Crippen molar-refractivity contribution in [2.75, 3.05) is 0 Å². The van der Waals surface area contributed by atoms with Crippen LogP contribution in [0.15, 0.2) is 83.6 Å². The van der Waals surface area contributed by atoms with Crippen molar-refractivity contribution < 1.29 is 10.2 Å². The minimum atomic E-state index is -0.649. The van der Waals surface area contributed by atoms with Crippen molar-refractivity contribution >= 4 is 21.6 Å². The molecule has 0 amide bonds. The van der Waals surface area contributed by atoms with E-state index in [0.717, 1.165) is 12.8 Å². The van der Waals surface area contributed by atoms with Gasteiger partial charge in [-0.15, -0.1) is 0 Å². The third-order valence-corrected chi connectivity index (χ3v) is 9.67. The van der Waals surface area contributed by atoms with Gasteiger partial charge in [0.15, 0.2) is 10.3 Å². The first-order chi connectivity index (χ1) is 21.0. The number of aromatic nitrogens is 6. The molecule has 0 saturated heterocycles. The number of benzene rings is 2. The Morgan fingerprint density at radius 3 is 1.25 bits per heavy atom. The molecule has 0 spiro atoms. The topological polar surface area (TPSA) is 102 Å². The van der Waals surface area contributed by atoms with Crippen LogP contribution in [0.2, 0.25) is 0 Å². The molecule has 4 unspecified atom stereocenters. The number of aliphatic hydroxyl groups is 2. The first kappa shape index (κ1) is 37.5. The Balaban J connectivity index is 0.00000162. The van der Waals surface area contributed by atoms with E-state index in [-0.39, 0.29) is 22.9 Å². The van der Waals surface area contributed by atoms with Crippen molar-refractivity contribution in [3.63, 3.8) is 0 Å². The van der Waals surface area contributed by atoms with Gasteiger partial charge in [0.1, 0.15) is 12.7 Å². The molecule has 0 saturated carbocycles. The molecular weight excluding hydrogens is 589 g/mol. The van der Waals surface area contributed by atoms with E-state index in [1.165, 1.54) is 45.4 Å². The molecule has 8 nitrogen and oxygen atoms in total. The van der Waals surface area contributed by atoms with Crippen LogP contribution >= 0.6 is 21.6 Å². The van der Waals surface area contributed by atoms with E-state index in [0.29, 0.717) is 10.3 Å². The number of rotatable bonds is 13. The maximum atomic E-state index is 11.4. The fraction of sp³-hybridized carbons (Fsp3) is 0.529. The van der Waals surface area contributed by atoms with Gasteiger partial charge in [-0.25, -0.2) is 19.3 Å². The van der Waals surface area contributed by atoms with Gasteiger partial charge in [0.2, 0.25) is 0 Å². The number of hydrogen-bond acceptors (Lipinski definition) is 8. The van der Waals surface area contributed by atoms with E-state index in [2.05, 4.69) is 72.1 Å². The fourth-order valence-electron chi connectivity index (χ4n) is 5.26. The van der Waals surface area contributed by atoms with Crippen LogP contribution < -0.4 is 0 Å². The zero-order valence-corrected chi connectivity index (χ0v) is 29.7. The number of aliphatic hydroxyl groups excluding tert-OH is 2. The highest BCUT2D eigenvalue weighted by Gasteiger charge is 2.36. The summed E-state index contributed by atoms with van der Waals surface area (Å²) < 4.78 is 3.55.